The van der Waals surface area contributed by atoms with Crippen molar-refractivity contribution < 1.29 is 27.5 Å². The Morgan fingerprint density at radius 2 is 2.06 bits per heavy atom. The van der Waals surface area contributed by atoms with Crippen LogP contribution in [0.2, 0.25) is 0 Å². The first-order chi connectivity index (χ1) is 8.25. The van der Waals surface area contributed by atoms with Crippen LogP contribution in [0.3, 0.4) is 0 Å². The SMILES string of the molecule is CCOC(=O)c1nc(NC(C)=O)[nH]c1C(F)(F)F. The molecule has 0 bridgehead atoms. The molecule has 1 aromatic heterocycles. The molecule has 0 aliphatic heterocycles. The zero-order chi connectivity index (χ0) is 13.9. The van der Waals surface area contributed by atoms with Crippen molar-refractivity contribution in [2.45, 2.75) is 20.0 Å². The Bertz CT molecular complexity index is 467. The maximum atomic E-state index is 12.6. The number of anilines is 1. The molecule has 0 spiro atoms. The minimum atomic E-state index is -4.80. The van der Waals surface area contributed by atoms with Crippen molar-refractivity contribution in [2.24, 2.45) is 0 Å². The van der Waals surface area contributed by atoms with Gasteiger partial charge in [-0.2, -0.15) is 13.2 Å². The first-order valence-corrected chi connectivity index (χ1v) is 4.87. The average molecular weight is 265 g/mol. The van der Waals surface area contributed by atoms with E-state index in [0.29, 0.717) is 0 Å². The molecule has 0 aliphatic carbocycles. The largest absolute Gasteiger partial charge is 0.461 e. The van der Waals surface area contributed by atoms with Gasteiger partial charge in [-0.15, -0.1) is 0 Å². The molecule has 0 fully saturated rings. The number of nitrogens with zero attached hydrogens (tertiary/aromatic N) is 1. The number of hydrogen-bond donors (Lipinski definition) is 2. The summed E-state index contributed by atoms with van der Waals surface area (Å²) in [6, 6.07) is 0. The van der Waals surface area contributed by atoms with Gasteiger partial charge in [0.25, 0.3) is 0 Å². The highest BCUT2D eigenvalue weighted by molar-refractivity contribution is 5.91. The van der Waals surface area contributed by atoms with Gasteiger partial charge in [0.1, 0.15) is 0 Å². The Morgan fingerprint density at radius 3 is 2.50 bits per heavy atom. The van der Waals surface area contributed by atoms with E-state index >= 15 is 0 Å². The summed E-state index contributed by atoms with van der Waals surface area (Å²) in [4.78, 5) is 27.2. The van der Waals surface area contributed by atoms with Gasteiger partial charge in [-0.1, -0.05) is 0 Å². The highest BCUT2D eigenvalue weighted by Crippen LogP contribution is 2.31. The van der Waals surface area contributed by atoms with Gasteiger partial charge in [-0.3, -0.25) is 10.1 Å². The number of amides is 1. The molecule has 1 heterocycles. The fourth-order valence-electron chi connectivity index (χ4n) is 1.15. The Kier molecular flexibility index (Phi) is 3.94. The van der Waals surface area contributed by atoms with Gasteiger partial charge in [0.15, 0.2) is 11.4 Å². The first-order valence-electron chi connectivity index (χ1n) is 4.87. The van der Waals surface area contributed by atoms with Crippen LogP contribution in [-0.4, -0.2) is 28.5 Å². The zero-order valence-electron chi connectivity index (χ0n) is 9.51. The Labute approximate surface area is 99.5 Å². The van der Waals surface area contributed by atoms with Gasteiger partial charge >= 0.3 is 12.1 Å². The Balaban J connectivity index is 3.17. The van der Waals surface area contributed by atoms with Crippen LogP contribution < -0.4 is 5.32 Å². The molecule has 2 N–H and O–H groups in total. The van der Waals surface area contributed by atoms with E-state index in [2.05, 4.69) is 9.72 Å². The number of esters is 1. The molecule has 0 saturated heterocycles. The second-order valence-electron chi connectivity index (χ2n) is 3.21. The van der Waals surface area contributed by atoms with Crippen molar-refractivity contribution in [2.75, 3.05) is 11.9 Å². The van der Waals surface area contributed by atoms with Crippen LogP contribution in [0.5, 0.6) is 0 Å². The van der Waals surface area contributed by atoms with Gasteiger partial charge in [-0.25, -0.2) is 9.78 Å². The predicted molar refractivity (Wildman–Crippen MR) is 53.8 cm³/mol. The third-order valence-corrected chi connectivity index (χ3v) is 1.75. The standard InChI is InChI=1S/C9H10F3N3O3/c1-3-18-7(17)5-6(9(10,11)12)15-8(14-5)13-4(2)16/h3H2,1-2H3,(H2,13,14,15,16). The molecule has 0 radical (unpaired) electrons. The number of nitrogens with one attached hydrogen (secondary N) is 2. The lowest BCUT2D eigenvalue weighted by Gasteiger charge is -2.05. The molecule has 0 aromatic carbocycles. The summed E-state index contributed by atoms with van der Waals surface area (Å²) in [7, 11) is 0. The van der Waals surface area contributed by atoms with Crippen molar-refractivity contribution in [3.05, 3.63) is 11.4 Å². The van der Waals surface area contributed by atoms with Crippen molar-refractivity contribution in [1.29, 1.82) is 0 Å². The van der Waals surface area contributed by atoms with Crippen molar-refractivity contribution >= 4 is 17.8 Å². The summed E-state index contributed by atoms with van der Waals surface area (Å²) >= 11 is 0. The molecule has 1 amide bonds. The quantitative estimate of drug-likeness (QED) is 0.812. The summed E-state index contributed by atoms with van der Waals surface area (Å²) < 4.78 is 42.3. The molecule has 1 aromatic rings. The van der Waals surface area contributed by atoms with Crippen LogP contribution in [0.1, 0.15) is 30.0 Å². The lowest BCUT2D eigenvalue weighted by Crippen LogP contribution is -2.15. The van der Waals surface area contributed by atoms with E-state index in [0.717, 1.165) is 6.92 Å². The van der Waals surface area contributed by atoms with Crippen LogP contribution in [0, 0.1) is 0 Å². The molecule has 9 heteroatoms. The van der Waals surface area contributed by atoms with E-state index in [4.69, 9.17) is 0 Å². The lowest BCUT2D eigenvalue weighted by molar-refractivity contribution is -0.141. The number of carbonyl (C=O) groups excluding carboxylic acids is 2. The third kappa shape index (κ3) is 3.22. The number of H-pyrrole nitrogens is 1. The van der Waals surface area contributed by atoms with Crippen LogP contribution in [0.15, 0.2) is 0 Å². The molecule has 0 unspecified atom stereocenters. The van der Waals surface area contributed by atoms with Crippen molar-refractivity contribution in [1.82, 2.24) is 9.97 Å². The normalized spacial score (nSPS) is 11.2. The van der Waals surface area contributed by atoms with E-state index in [1.54, 1.807) is 0 Å². The van der Waals surface area contributed by atoms with Crippen LogP contribution in [0.4, 0.5) is 19.1 Å². The summed E-state index contributed by atoms with van der Waals surface area (Å²) in [5.74, 6) is -2.29. The number of alkyl halides is 3. The summed E-state index contributed by atoms with van der Waals surface area (Å²) in [6.45, 7) is 2.46. The van der Waals surface area contributed by atoms with Crippen LogP contribution in [0.25, 0.3) is 0 Å². The number of aromatic nitrogens is 2. The van der Waals surface area contributed by atoms with E-state index in [1.165, 1.54) is 6.92 Å². The number of carbonyl (C=O) groups is 2. The van der Waals surface area contributed by atoms with Gasteiger partial charge in [0.05, 0.1) is 6.61 Å². The van der Waals surface area contributed by atoms with Crippen LogP contribution in [-0.2, 0) is 15.7 Å². The molecular formula is C9H10F3N3O3. The molecule has 18 heavy (non-hydrogen) atoms. The lowest BCUT2D eigenvalue weighted by atomic mass is 10.3. The molecular weight excluding hydrogens is 255 g/mol. The molecule has 1 rings (SSSR count). The minimum Gasteiger partial charge on any atom is -0.461 e. The number of imidazole rings is 1. The first kappa shape index (κ1) is 14.0. The number of rotatable bonds is 3. The van der Waals surface area contributed by atoms with E-state index in [1.807, 2.05) is 10.3 Å². The molecule has 0 atom stereocenters. The smallest absolute Gasteiger partial charge is 0.433 e. The molecule has 6 nitrogen and oxygen atoms in total. The zero-order valence-corrected chi connectivity index (χ0v) is 9.51. The van der Waals surface area contributed by atoms with E-state index in [9.17, 15) is 22.8 Å². The number of ether oxygens (including phenoxy) is 1. The van der Waals surface area contributed by atoms with Gasteiger partial charge < -0.3 is 9.72 Å². The third-order valence-electron chi connectivity index (χ3n) is 1.75. The summed E-state index contributed by atoms with van der Waals surface area (Å²) in [5.41, 5.74) is -2.27. The maximum Gasteiger partial charge on any atom is 0.433 e. The summed E-state index contributed by atoms with van der Waals surface area (Å²) in [5, 5.41) is 2.02. The minimum absolute atomic E-state index is 0.0849. The monoisotopic (exact) mass is 265 g/mol. The summed E-state index contributed by atoms with van der Waals surface area (Å²) in [6.07, 6.45) is -4.80. The molecule has 100 valence electrons. The van der Waals surface area contributed by atoms with Crippen molar-refractivity contribution in [3.63, 3.8) is 0 Å². The van der Waals surface area contributed by atoms with E-state index < -0.39 is 35.4 Å². The van der Waals surface area contributed by atoms with E-state index in [-0.39, 0.29) is 6.61 Å². The predicted octanol–water partition coefficient (Wildman–Crippen LogP) is 1.56. The maximum absolute atomic E-state index is 12.6. The second-order valence-corrected chi connectivity index (χ2v) is 3.21. The van der Waals surface area contributed by atoms with Gasteiger partial charge in [0.2, 0.25) is 11.9 Å². The van der Waals surface area contributed by atoms with Crippen LogP contribution >= 0.6 is 0 Å². The number of hydrogen-bond acceptors (Lipinski definition) is 4. The Morgan fingerprint density at radius 1 is 1.44 bits per heavy atom. The molecule has 0 saturated carbocycles. The average Bonchev–Trinajstić information content (AvgIpc) is 2.60. The highest BCUT2D eigenvalue weighted by atomic mass is 19.4. The van der Waals surface area contributed by atoms with Gasteiger partial charge in [-0.05, 0) is 6.92 Å². The molecule has 0 aliphatic rings. The van der Waals surface area contributed by atoms with Gasteiger partial charge in [0, 0.05) is 6.92 Å². The highest BCUT2D eigenvalue weighted by Gasteiger charge is 2.39. The van der Waals surface area contributed by atoms with Crippen molar-refractivity contribution in [3.8, 4) is 0 Å². The number of aromatic amines is 1. The fraction of sp³-hybridized carbons (Fsp3) is 0.444. The number of halogens is 3. The Hall–Kier alpha value is -2.06. The fourth-order valence-corrected chi connectivity index (χ4v) is 1.15. The topological polar surface area (TPSA) is 84.1 Å². The second kappa shape index (κ2) is 5.07.